The summed E-state index contributed by atoms with van der Waals surface area (Å²) in [7, 11) is 2.00. The molecule has 1 heterocycles. The van der Waals surface area contributed by atoms with Crippen LogP contribution in [0.4, 0.5) is 0 Å². The molecule has 1 rings (SSSR count). The van der Waals surface area contributed by atoms with Gasteiger partial charge < -0.3 is 5.32 Å². The van der Waals surface area contributed by atoms with Gasteiger partial charge in [0.1, 0.15) is 0 Å². The lowest BCUT2D eigenvalue weighted by Gasteiger charge is -2.07. The van der Waals surface area contributed by atoms with Crippen LogP contribution in [0.5, 0.6) is 0 Å². The Morgan fingerprint density at radius 3 is 2.67 bits per heavy atom. The van der Waals surface area contributed by atoms with Gasteiger partial charge in [-0.25, -0.2) is 0 Å². The fourth-order valence-corrected chi connectivity index (χ4v) is 2.38. The number of allylic oxidation sites excluding steroid dienone is 1. The minimum Gasteiger partial charge on any atom is -0.314 e. The predicted molar refractivity (Wildman–Crippen MR) is 80.9 cm³/mol. The molecule has 1 aromatic heterocycles. The highest BCUT2D eigenvalue weighted by atomic mass is 79.9. The summed E-state index contributed by atoms with van der Waals surface area (Å²) >= 11 is 3.61. The third-order valence-corrected chi connectivity index (χ3v) is 3.93. The highest BCUT2D eigenvalue weighted by Gasteiger charge is 2.10. The lowest BCUT2D eigenvalue weighted by Crippen LogP contribution is -2.23. The van der Waals surface area contributed by atoms with E-state index in [4.69, 9.17) is 0 Å². The van der Waals surface area contributed by atoms with E-state index >= 15 is 0 Å². The Bertz CT molecular complexity index is 419. The van der Waals surface area contributed by atoms with Gasteiger partial charge >= 0.3 is 0 Å². The maximum absolute atomic E-state index is 4.41. The fraction of sp³-hybridized carbons (Fsp3) is 0.643. The first-order valence-corrected chi connectivity index (χ1v) is 7.28. The molecule has 0 aliphatic rings. The van der Waals surface area contributed by atoms with Gasteiger partial charge in [-0.1, -0.05) is 25.5 Å². The summed E-state index contributed by atoms with van der Waals surface area (Å²) in [5.41, 5.74) is 3.70. The molecule has 0 saturated heterocycles. The fourth-order valence-electron chi connectivity index (χ4n) is 1.90. The van der Waals surface area contributed by atoms with Crippen LogP contribution in [0.15, 0.2) is 16.1 Å². The zero-order valence-corrected chi connectivity index (χ0v) is 13.6. The van der Waals surface area contributed by atoms with E-state index in [1.807, 2.05) is 18.7 Å². The molecule has 0 aromatic carbocycles. The van der Waals surface area contributed by atoms with E-state index in [0.717, 1.165) is 29.6 Å². The molecule has 1 N–H and O–H groups in total. The smallest absolute Gasteiger partial charge is 0.0738 e. The summed E-state index contributed by atoms with van der Waals surface area (Å²) in [6.45, 7) is 9.60. The average molecular weight is 314 g/mol. The maximum atomic E-state index is 4.41. The summed E-state index contributed by atoms with van der Waals surface area (Å²) in [5, 5.41) is 7.83. The maximum Gasteiger partial charge on any atom is 0.0738 e. The summed E-state index contributed by atoms with van der Waals surface area (Å²) < 4.78 is 3.10. The summed E-state index contributed by atoms with van der Waals surface area (Å²) in [4.78, 5) is 0. The third kappa shape index (κ3) is 4.58. The van der Waals surface area contributed by atoms with Crippen LogP contribution in [0, 0.1) is 6.92 Å². The van der Waals surface area contributed by atoms with E-state index < -0.39 is 0 Å². The van der Waals surface area contributed by atoms with Crippen LogP contribution in [0.1, 0.15) is 38.6 Å². The van der Waals surface area contributed by atoms with E-state index in [2.05, 4.69) is 53.2 Å². The van der Waals surface area contributed by atoms with Gasteiger partial charge in [0, 0.05) is 19.5 Å². The number of nitrogens with one attached hydrogen (secondary N) is 1. The van der Waals surface area contributed by atoms with Gasteiger partial charge in [0.2, 0.25) is 0 Å². The number of aryl methyl sites for hydroxylation is 2. The minimum absolute atomic E-state index is 0.563. The molecule has 102 valence electrons. The van der Waals surface area contributed by atoms with E-state index in [1.54, 1.807) is 0 Å². The molecule has 0 atom stereocenters. The number of halogens is 1. The van der Waals surface area contributed by atoms with Gasteiger partial charge in [0.15, 0.2) is 0 Å². The van der Waals surface area contributed by atoms with Crippen LogP contribution in [-0.4, -0.2) is 22.4 Å². The predicted octanol–water partition coefficient (Wildman–Crippen LogP) is 3.37. The van der Waals surface area contributed by atoms with Gasteiger partial charge in [0.25, 0.3) is 0 Å². The van der Waals surface area contributed by atoms with Crippen molar-refractivity contribution in [2.75, 3.05) is 6.54 Å². The van der Waals surface area contributed by atoms with Crippen LogP contribution in [0.3, 0.4) is 0 Å². The van der Waals surface area contributed by atoms with Crippen LogP contribution in [-0.2, 0) is 13.5 Å². The first-order valence-electron chi connectivity index (χ1n) is 6.48. The van der Waals surface area contributed by atoms with Crippen LogP contribution >= 0.6 is 15.9 Å². The van der Waals surface area contributed by atoms with E-state index in [0.29, 0.717) is 6.04 Å². The topological polar surface area (TPSA) is 29.9 Å². The molecule has 0 spiro atoms. The normalized spacial score (nSPS) is 12.5. The van der Waals surface area contributed by atoms with Crippen molar-refractivity contribution in [2.45, 2.75) is 46.6 Å². The van der Waals surface area contributed by atoms with Crippen LogP contribution < -0.4 is 5.32 Å². The molecule has 0 aliphatic heterocycles. The summed E-state index contributed by atoms with van der Waals surface area (Å²) in [5.74, 6) is 0. The Labute approximate surface area is 119 Å². The van der Waals surface area contributed by atoms with Crippen LogP contribution in [0.2, 0.25) is 0 Å². The van der Waals surface area contributed by atoms with Crippen molar-refractivity contribution >= 4 is 15.9 Å². The highest BCUT2D eigenvalue weighted by molar-refractivity contribution is 9.10. The highest BCUT2D eigenvalue weighted by Crippen LogP contribution is 2.22. The number of hydrogen-bond acceptors (Lipinski definition) is 2. The lowest BCUT2D eigenvalue weighted by molar-refractivity contribution is 0.594. The van der Waals surface area contributed by atoms with Gasteiger partial charge in [-0.3, -0.25) is 4.68 Å². The monoisotopic (exact) mass is 313 g/mol. The van der Waals surface area contributed by atoms with Crippen molar-refractivity contribution in [2.24, 2.45) is 7.05 Å². The zero-order chi connectivity index (χ0) is 13.7. The first kappa shape index (κ1) is 15.4. The molecule has 0 saturated carbocycles. The molecule has 0 aliphatic carbocycles. The molecule has 1 aromatic rings. The molecule has 0 unspecified atom stereocenters. The molecular weight excluding hydrogens is 290 g/mol. The second-order valence-electron chi connectivity index (χ2n) is 5.09. The Kier molecular flexibility index (Phi) is 6.09. The molecule has 0 fully saturated rings. The van der Waals surface area contributed by atoms with Gasteiger partial charge in [0.05, 0.1) is 15.9 Å². The minimum atomic E-state index is 0.563. The molecule has 0 radical (unpaired) electrons. The quantitative estimate of drug-likeness (QED) is 0.644. The SMILES string of the molecule is CC(=CCCNC(C)C)Cc1c(Br)c(C)nn1C. The number of rotatable bonds is 6. The van der Waals surface area contributed by atoms with Crippen molar-refractivity contribution in [3.05, 3.63) is 27.5 Å². The molecule has 18 heavy (non-hydrogen) atoms. The Balaban J connectivity index is 2.53. The summed E-state index contributed by atoms with van der Waals surface area (Å²) in [6.07, 6.45) is 4.35. The molecule has 3 nitrogen and oxygen atoms in total. The zero-order valence-electron chi connectivity index (χ0n) is 12.0. The van der Waals surface area contributed by atoms with Gasteiger partial charge in [-0.05, 0) is 42.7 Å². The standard InChI is InChI=1S/C14H24BrN3/c1-10(2)16-8-6-7-11(3)9-13-14(15)12(4)17-18(13)5/h7,10,16H,6,8-9H2,1-5H3. The Hall–Kier alpha value is -0.610. The molecule has 0 amide bonds. The largest absolute Gasteiger partial charge is 0.314 e. The van der Waals surface area contributed by atoms with Gasteiger partial charge in [-0.15, -0.1) is 0 Å². The Morgan fingerprint density at radius 2 is 2.17 bits per heavy atom. The third-order valence-electron chi connectivity index (χ3n) is 2.90. The van der Waals surface area contributed by atoms with Crippen molar-refractivity contribution in [3.63, 3.8) is 0 Å². The number of hydrogen-bond donors (Lipinski definition) is 1. The van der Waals surface area contributed by atoms with Crippen molar-refractivity contribution in [1.29, 1.82) is 0 Å². The number of aromatic nitrogens is 2. The van der Waals surface area contributed by atoms with Crippen molar-refractivity contribution < 1.29 is 0 Å². The second kappa shape index (κ2) is 7.10. The lowest BCUT2D eigenvalue weighted by atomic mass is 10.1. The molecule has 4 heteroatoms. The van der Waals surface area contributed by atoms with Crippen molar-refractivity contribution in [1.82, 2.24) is 15.1 Å². The van der Waals surface area contributed by atoms with E-state index in [1.165, 1.54) is 11.3 Å². The molecule has 0 bridgehead atoms. The molecular formula is C14H24BrN3. The number of nitrogens with zero attached hydrogens (tertiary/aromatic N) is 2. The van der Waals surface area contributed by atoms with Crippen LogP contribution in [0.25, 0.3) is 0 Å². The Morgan fingerprint density at radius 1 is 1.50 bits per heavy atom. The summed E-state index contributed by atoms with van der Waals surface area (Å²) in [6, 6.07) is 0.563. The average Bonchev–Trinajstić information content (AvgIpc) is 2.51. The second-order valence-corrected chi connectivity index (χ2v) is 5.89. The van der Waals surface area contributed by atoms with Gasteiger partial charge in [-0.2, -0.15) is 5.10 Å². The van der Waals surface area contributed by atoms with E-state index in [9.17, 15) is 0 Å². The van der Waals surface area contributed by atoms with E-state index in [-0.39, 0.29) is 0 Å². The first-order chi connectivity index (χ1) is 8.41. The van der Waals surface area contributed by atoms with Crippen molar-refractivity contribution in [3.8, 4) is 0 Å².